The smallest absolute Gasteiger partial charge is 0.255 e. The molecule has 1 saturated heterocycles. The van der Waals surface area contributed by atoms with Gasteiger partial charge in [-0.15, -0.1) is 0 Å². The summed E-state index contributed by atoms with van der Waals surface area (Å²) in [6.07, 6.45) is 5.60. The number of likely N-dealkylation sites (tertiary alicyclic amines) is 1. The van der Waals surface area contributed by atoms with Crippen molar-refractivity contribution in [2.24, 2.45) is 0 Å². The first-order valence-electron chi connectivity index (χ1n) is 11.3. The molecule has 10 heteroatoms. The quantitative estimate of drug-likeness (QED) is 0.583. The van der Waals surface area contributed by atoms with Crippen LogP contribution in [0.2, 0.25) is 5.02 Å². The number of aromatic nitrogens is 3. The van der Waals surface area contributed by atoms with Crippen LogP contribution in [0.25, 0.3) is 11.1 Å². The maximum atomic E-state index is 13.7. The second-order valence-corrected chi connectivity index (χ2v) is 9.15. The van der Waals surface area contributed by atoms with Crippen LogP contribution in [0.15, 0.2) is 53.6 Å². The van der Waals surface area contributed by atoms with Crippen LogP contribution < -0.4 is 11.3 Å². The van der Waals surface area contributed by atoms with Gasteiger partial charge >= 0.3 is 0 Å². The summed E-state index contributed by atoms with van der Waals surface area (Å²) < 4.78 is 1.26. The Balaban J connectivity index is 1.71. The van der Waals surface area contributed by atoms with Gasteiger partial charge in [-0.25, -0.2) is 9.97 Å². The van der Waals surface area contributed by atoms with E-state index in [1.807, 2.05) is 12.1 Å². The normalized spacial score (nSPS) is 15.6. The van der Waals surface area contributed by atoms with Gasteiger partial charge in [-0.2, -0.15) is 0 Å². The summed E-state index contributed by atoms with van der Waals surface area (Å²) in [6.45, 7) is 0.392. The molecule has 1 aliphatic heterocycles. The third-order valence-corrected chi connectivity index (χ3v) is 6.36. The number of carbonyl (C=O) groups excluding carboxylic acids is 2. The number of pyridine rings is 1. The Hall–Kier alpha value is -3.72. The molecule has 2 amide bonds. The van der Waals surface area contributed by atoms with Gasteiger partial charge in [0.2, 0.25) is 11.9 Å². The lowest BCUT2D eigenvalue weighted by molar-refractivity contribution is -0.129. The zero-order valence-electron chi connectivity index (χ0n) is 19.6. The molecule has 0 aliphatic carbocycles. The number of nitrogen functional groups attached to an aromatic ring is 1. The minimum atomic E-state index is -0.347. The highest BCUT2D eigenvalue weighted by Crippen LogP contribution is 2.37. The number of piperidine rings is 1. The number of halogens is 1. The Morgan fingerprint density at radius 1 is 1.14 bits per heavy atom. The van der Waals surface area contributed by atoms with Crippen molar-refractivity contribution in [1.29, 1.82) is 0 Å². The third-order valence-electron chi connectivity index (χ3n) is 6.11. The highest BCUT2D eigenvalue weighted by atomic mass is 35.5. The molecule has 1 fully saturated rings. The molecule has 0 saturated carbocycles. The molecule has 1 atom stereocenters. The fourth-order valence-electron chi connectivity index (χ4n) is 4.21. The van der Waals surface area contributed by atoms with Crippen molar-refractivity contribution >= 4 is 29.4 Å². The van der Waals surface area contributed by atoms with E-state index < -0.39 is 0 Å². The number of anilines is 1. The first kappa shape index (κ1) is 24.4. The van der Waals surface area contributed by atoms with Gasteiger partial charge in [0.25, 0.3) is 11.5 Å². The van der Waals surface area contributed by atoms with E-state index in [1.54, 1.807) is 37.3 Å². The summed E-state index contributed by atoms with van der Waals surface area (Å²) in [5.41, 5.74) is 8.26. The molecule has 3 aromatic rings. The standard InChI is InChI=1S/C25H27ClN6O3/c1-30(2)22(34)15-31-14-17(8-11-21(31)33)24(35)32-12-4-3-5-20(32)23-19(13-28-25(27)29-23)16-6-9-18(26)10-7-16/h6-11,13-14,20H,3-5,12,15H2,1-2H3,(H2,27,28,29)/t20-/m0/s1. The minimum Gasteiger partial charge on any atom is -0.368 e. The van der Waals surface area contributed by atoms with Crippen LogP contribution in [0.4, 0.5) is 5.95 Å². The summed E-state index contributed by atoms with van der Waals surface area (Å²) in [7, 11) is 3.23. The molecule has 182 valence electrons. The summed E-state index contributed by atoms with van der Waals surface area (Å²) >= 11 is 6.07. The number of hydrogen-bond acceptors (Lipinski definition) is 6. The zero-order valence-corrected chi connectivity index (χ0v) is 20.4. The SMILES string of the molecule is CN(C)C(=O)Cn1cc(C(=O)N2CCCC[C@H]2c2nc(N)ncc2-c2ccc(Cl)cc2)ccc1=O. The number of likely N-dealkylation sites (N-methyl/N-ethyl adjacent to an activating group) is 1. The lowest BCUT2D eigenvalue weighted by atomic mass is 9.93. The Labute approximate surface area is 208 Å². The fraction of sp³-hybridized carbons (Fsp3) is 0.320. The number of nitrogens with zero attached hydrogens (tertiary/aromatic N) is 5. The number of amides is 2. The third kappa shape index (κ3) is 5.35. The Morgan fingerprint density at radius 3 is 2.60 bits per heavy atom. The Morgan fingerprint density at radius 2 is 1.89 bits per heavy atom. The maximum absolute atomic E-state index is 13.7. The van der Waals surface area contributed by atoms with Crippen LogP contribution in [-0.4, -0.2) is 56.8 Å². The van der Waals surface area contributed by atoms with Crippen LogP contribution in [0.1, 0.15) is 41.4 Å². The highest BCUT2D eigenvalue weighted by Gasteiger charge is 2.32. The number of benzene rings is 1. The summed E-state index contributed by atoms with van der Waals surface area (Å²) in [4.78, 5) is 50.0. The molecule has 2 aromatic heterocycles. The Kier molecular flexibility index (Phi) is 7.16. The van der Waals surface area contributed by atoms with Gasteiger partial charge in [-0.1, -0.05) is 23.7 Å². The van der Waals surface area contributed by atoms with Crippen molar-refractivity contribution in [3.8, 4) is 11.1 Å². The summed E-state index contributed by atoms with van der Waals surface area (Å²) in [5, 5.41) is 0.615. The molecule has 1 aliphatic rings. The van der Waals surface area contributed by atoms with Crippen LogP contribution in [0.3, 0.4) is 0 Å². The molecule has 4 rings (SSSR count). The first-order chi connectivity index (χ1) is 16.7. The zero-order chi connectivity index (χ0) is 25.1. The van der Waals surface area contributed by atoms with E-state index in [2.05, 4.69) is 9.97 Å². The van der Waals surface area contributed by atoms with Crippen LogP contribution >= 0.6 is 11.6 Å². The molecule has 3 heterocycles. The lowest BCUT2D eigenvalue weighted by Gasteiger charge is -2.36. The molecule has 0 spiro atoms. The number of nitrogens with two attached hydrogens (primary N) is 1. The van der Waals surface area contributed by atoms with Crippen LogP contribution in [0, 0.1) is 0 Å². The van der Waals surface area contributed by atoms with E-state index >= 15 is 0 Å². The number of carbonyl (C=O) groups is 2. The van der Waals surface area contributed by atoms with Crippen LogP contribution in [-0.2, 0) is 11.3 Å². The van der Waals surface area contributed by atoms with Gasteiger partial charge in [-0.3, -0.25) is 14.4 Å². The highest BCUT2D eigenvalue weighted by molar-refractivity contribution is 6.30. The summed E-state index contributed by atoms with van der Waals surface area (Å²) in [5.74, 6) is -0.344. The number of hydrogen-bond donors (Lipinski definition) is 1. The molecule has 1 aromatic carbocycles. The van der Waals surface area contributed by atoms with Gasteiger partial charge in [0.1, 0.15) is 6.54 Å². The van der Waals surface area contributed by atoms with Gasteiger partial charge < -0.3 is 20.1 Å². The topological polar surface area (TPSA) is 114 Å². The molecule has 0 bridgehead atoms. The number of rotatable bonds is 5. The van der Waals surface area contributed by atoms with E-state index in [-0.39, 0.29) is 35.9 Å². The van der Waals surface area contributed by atoms with Crippen molar-refractivity contribution in [3.05, 3.63) is 75.4 Å². The largest absolute Gasteiger partial charge is 0.368 e. The Bertz CT molecular complexity index is 1310. The average Bonchev–Trinajstić information content (AvgIpc) is 2.85. The lowest BCUT2D eigenvalue weighted by Crippen LogP contribution is -2.40. The van der Waals surface area contributed by atoms with E-state index in [0.717, 1.165) is 24.0 Å². The van der Waals surface area contributed by atoms with Gasteiger partial charge in [0, 0.05) is 49.7 Å². The van der Waals surface area contributed by atoms with Crippen molar-refractivity contribution in [2.45, 2.75) is 31.8 Å². The molecule has 9 nitrogen and oxygen atoms in total. The van der Waals surface area contributed by atoms with Gasteiger partial charge in [-0.05, 0) is 43.0 Å². The minimum absolute atomic E-state index is 0.131. The molecule has 35 heavy (non-hydrogen) atoms. The second kappa shape index (κ2) is 10.3. The van der Waals surface area contributed by atoms with Crippen molar-refractivity contribution < 1.29 is 9.59 Å². The van der Waals surface area contributed by atoms with E-state index in [4.69, 9.17) is 17.3 Å². The summed E-state index contributed by atoms with van der Waals surface area (Å²) in [6, 6.07) is 9.84. The first-order valence-corrected chi connectivity index (χ1v) is 11.7. The monoisotopic (exact) mass is 494 g/mol. The van der Waals surface area contributed by atoms with Crippen molar-refractivity contribution in [2.75, 3.05) is 26.4 Å². The predicted octanol–water partition coefficient (Wildman–Crippen LogP) is 3.00. The maximum Gasteiger partial charge on any atom is 0.255 e. The average molecular weight is 495 g/mol. The molecular weight excluding hydrogens is 468 g/mol. The molecular formula is C25H27ClN6O3. The molecule has 2 N–H and O–H groups in total. The fourth-order valence-corrected chi connectivity index (χ4v) is 4.33. The van der Waals surface area contributed by atoms with E-state index in [1.165, 1.54) is 27.8 Å². The van der Waals surface area contributed by atoms with Gasteiger partial charge in [0.15, 0.2) is 0 Å². The van der Waals surface area contributed by atoms with Crippen molar-refractivity contribution in [1.82, 2.24) is 24.3 Å². The van der Waals surface area contributed by atoms with E-state index in [9.17, 15) is 14.4 Å². The van der Waals surface area contributed by atoms with Crippen LogP contribution in [0.5, 0.6) is 0 Å². The molecule has 0 unspecified atom stereocenters. The molecule has 0 radical (unpaired) electrons. The van der Waals surface area contributed by atoms with Gasteiger partial charge in [0.05, 0.1) is 17.3 Å². The van der Waals surface area contributed by atoms with Crippen molar-refractivity contribution in [3.63, 3.8) is 0 Å². The predicted molar refractivity (Wildman–Crippen MR) is 134 cm³/mol. The second-order valence-electron chi connectivity index (χ2n) is 8.72. The van der Waals surface area contributed by atoms with E-state index in [0.29, 0.717) is 29.2 Å².